The SMILES string of the molecule is Cc1c(N2CCCc3c([nH]c(=S)[nH]c3=O)C2=O)cccc1C(F)(F)F. The fourth-order valence-electron chi connectivity index (χ4n) is 3.04. The molecule has 0 saturated carbocycles. The molecule has 9 heteroatoms. The van der Waals surface area contributed by atoms with Crippen LogP contribution in [0.25, 0.3) is 0 Å². The Hall–Kier alpha value is -2.42. The number of hydrogen-bond donors (Lipinski definition) is 2. The van der Waals surface area contributed by atoms with Gasteiger partial charge in [-0.05, 0) is 49.7 Å². The average molecular weight is 369 g/mol. The lowest BCUT2D eigenvalue weighted by Crippen LogP contribution is -2.33. The second kappa shape index (κ2) is 6.14. The molecule has 0 spiro atoms. The van der Waals surface area contributed by atoms with E-state index in [1.165, 1.54) is 24.0 Å². The number of fused-ring (bicyclic) bond motifs is 1. The van der Waals surface area contributed by atoms with Crippen LogP contribution in [0, 0.1) is 11.7 Å². The molecule has 3 rings (SSSR count). The van der Waals surface area contributed by atoms with E-state index in [-0.39, 0.29) is 33.8 Å². The Labute approximate surface area is 145 Å². The molecule has 1 aromatic heterocycles. The van der Waals surface area contributed by atoms with Crippen molar-refractivity contribution in [3.8, 4) is 0 Å². The first-order valence-electron chi connectivity index (χ1n) is 7.54. The zero-order chi connectivity index (χ0) is 18.4. The highest BCUT2D eigenvalue weighted by Crippen LogP contribution is 2.36. The van der Waals surface area contributed by atoms with Crippen LogP contribution in [0.4, 0.5) is 18.9 Å². The summed E-state index contributed by atoms with van der Waals surface area (Å²) in [5, 5.41) is 0. The molecule has 0 aliphatic carbocycles. The highest BCUT2D eigenvalue weighted by atomic mass is 32.1. The number of aromatic amines is 2. The first-order chi connectivity index (χ1) is 11.7. The lowest BCUT2D eigenvalue weighted by molar-refractivity contribution is -0.138. The van der Waals surface area contributed by atoms with Gasteiger partial charge in [-0.15, -0.1) is 0 Å². The number of amides is 1. The third-order valence-electron chi connectivity index (χ3n) is 4.21. The lowest BCUT2D eigenvalue weighted by atomic mass is 10.0. The first-order valence-corrected chi connectivity index (χ1v) is 7.95. The average Bonchev–Trinajstić information content (AvgIpc) is 2.67. The molecule has 132 valence electrons. The van der Waals surface area contributed by atoms with Crippen molar-refractivity contribution in [3.05, 3.63) is 55.7 Å². The molecule has 2 heterocycles. The fourth-order valence-corrected chi connectivity index (χ4v) is 3.23. The summed E-state index contributed by atoms with van der Waals surface area (Å²) in [6, 6.07) is 3.72. The number of anilines is 1. The number of nitrogens with one attached hydrogen (secondary N) is 2. The van der Waals surface area contributed by atoms with Crippen LogP contribution < -0.4 is 10.5 Å². The Balaban J connectivity index is 2.15. The van der Waals surface area contributed by atoms with E-state index in [0.29, 0.717) is 12.8 Å². The van der Waals surface area contributed by atoms with Crippen molar-refractivity contribution in [3.63, 3.8) is 0 Å². The van der Waals surface area contributed by atoms with E-state index in [2.05, 4.69) is 9.97 Å². The van der Waals surface area contributed by atoms with Gasteiger partial charge in [0, 0.05) is 17.8 Å². The molecule has 25 heavy (non-hydrogen) atoms. The lowest BCUT2D eigenvalue weighted by Gasteiger charge is -2.24. The van der Waals surface area contributed by atoms with E-state index in [4.69, 9.17) is 12.2 Å². The monoisotopic (exact) mass is 369 g/mol. The number of carbonyl (C=O) groups is 1. The quantitative estimate of drug-likeness (QED) is 0.758. The number of halogens is 3. The van der Waals surface area contributed by atoms with Gasteiger partial charge in [0.1, 0.15) is 5.69 Å². The van der Waals surface area contributed by atoms with Gasteiger partial charge in [0.25, 0.3) is 11.5 Å². The summed E-state index contributed by atoms with van der Waals surface area (Å²) >= 11 is 4.90. The largest absolute Gasteiger partial charge is 0.416 e. The van der Waals surface area contributed by atoms with Gasteiger partial charge in [-0.1, -0.05) is 6.07 Å². The molecule has 2 N–H and O–H groups in total. The molecular weight excluding hydrogens is 355 g/mol. The number of alkyl halides is 3. The standard InChI is InChI=1S/C16H14F3N3O2S/c1-8-10(16(17,18)19)5-2-6-11(8)22-7-3-4-9-12(14(22)24)20-15(25)21-13(9)23/h2,5-6H,3-4,7H2,1H3,(H2,20,21,23,25). The summed E-state index contributed by atoms with van der Waals surface area (Å²) in [4.78, 5) is 31.2. The Bertz CT molecular complexity index is 962. The molecule has 1 aliphatic rings. The van der Waals surface area contributed by atoms with E-state index in [1.54, 1.807) is 0 Å². The summed E-state index contributed by atoms with van der Waals surface area (Å²) in [7, 11) is 0. The van der Waals surface area contributed by atoms with Gasteiger partial charge in [-0.2, -0.15) is 13.2 Å². The van der Waals surface area contributed by atoms with Crippen molar-refractivity contribution in [2.75, 3.05) is 11.4 Å². The van der Waals surface area contributed by atoms with Crippen LogP contribution in [0.3, 0.4) is 0 Å². The van der Waals surface area contributed by atoms with E-state index in [9.17, 15) is 22.8 Å². The molecule has 2 aromatic rings. The van der Waals surface area contributed by atoms with Crippen molar-refractivity contribution in [1.29, 1.82) is 0 Å². The second-order valence-electron chi connectivity index (χ2n) is 5.77. The highest BCUT2D eigenvalue weighted by Gasteiger charge is 2.35. The summed E-state index contributed by atoms with van der Waals surface area (Å²) in [5.74, 6) is -0.563. The van der Waals surface area contributed by atoms with Gasteiger partial charge in [0.05, 0.1) is 5.56 Å². The maximum absolute atomic E-state index is 13.1. The van der Waals surface area contributed by atoms with Gasteiger partial charge in [0.15, 0.2) is 4.77 Å². The van der Waals surface area contributed by atoms with E-state index in [0.717, 1.165) is 6.07 Å². The normalized spacial score (nSPS) is 15.0. The predicted octanol–water partition coefficient (Wildman–Crippen LogP) is 3.35. The van der Waals surface area contributed by atoms with Crippen molar-refractivity contribution >= 4 is 23.8 Å². The van der Waals surface area contributed by atoms with Gasteiger partial charge < -0.3 is 9.88 Å². The van der Waals surface area contributed by atoms with Crippen LogP contribution >= 0.6 is 12.2 Å². The van der Waals surface area contributed by atoms with Crippen LogP contribution in [-0.2, 0) is 12.6 Å². The van der Waals surface area contributed by atoms with E-state index < -0.39 is 23.2 Å². The number of nitrogens with zero attached hydrogens (tertiary/aromatic N) is 1. The van der Waals surface area contributed by atoms with E-state index in [1.807, 2.05) is 0 Å². The van der Waals surface area contributed by atoms with Crippen molar-refractivity contribution in [2.45, 2.75) is 25.9 Å². The van der Waals surface area contributed by atoms with Crippen molar-refractivity contribution in [1.82, 2.24) is 9.97 Å². The Morgan fingerprint density at radius 1 is 1.20 bits per heavy atom. The molecule has 1 aliphatic heterocycles. The predicted molar refractivity (Wildman–Crippen MR) is 88.4 cm³/mol. The minimum absolute atomic E-state index is 0.000265. The number of H-pyrrole nitrogens is 2. The van der Waals surface area contributed by atoms with Gasteiger partial charge >= 0.3 is 6.18 Å². The molecule has 1 amide bonds. The summed E-state index contributed by atoms with van der Waals surface area (Å²) < 4.78 is 39.4. The number of rotatable bonds is 1. The Kier molecular flexibility index (Phi) is 4.28. The minimum Gasteiger partial charge on any atom is -0.327 e. The second-order valence-corrected chi connectivity index (χ2v) is 6.18. The molecule has 0 atom stereocenters. The van der Waals surface area contributed by atoms with Crippen molar-refractivity contribution in [2.24, 2.45) is 0 Å². The Morgan fingerprint density at radius 3 is 2.60 bits per heavy atom. The molecular formula is C16H14F3N3O2S. The summed E-state index contributed by atoms with van der Waals surface area (Å²) in [6.45, 7) is 1.53. The van der Waals surface area contributed by atoms with Crippen LogP contribution in [-0.4, -0.2) is 22.4 Å². The molecule has 0 bridgehead atoms. The molecule has 1 aromatic carbocycles. The zero-order valence-electron chi connectivity index (χ0n) is 13.2. The first kappa shape index (κ1) is 17.4. The van der Waals surface area contributed by atoms with Gasteiger partial charge in [0.2, 0.25) is 0 Å². The number of hydrogen-bond acceptors (Lipinski definition) is 3. The maximum atomic E-state index is 13.1. The third-order valence-corrected chi connectivity index (χ3v) is 4.41. The molecule has 0 unspecified atom stereocenters. The molecule has 0 radical (unpaired) electrons. The van der Waals surface area contributed by atoms with Crippen LogP contribution in [0.15, 0.2) is 23.0 Å². The third kappa shape index (κ3) is 3.11. The topological polar surface area (TPSA) is 69.0 Å². The molecule has 5 nitrogen and oxygen atoms in total. The molecule has 0 saturated heterocycles. The number of benzene rings is 1. The highest BCUT2D eigenvalue weighted by molar-refractivity contribution is 7.71. The number of carbonyl (C=O) groups excluding carboxylic acids is 1. The fraction of sp³-hybridized carbons (Fsp3) is 0.312. The van der Waals surface area contributed by atoms with Gasteiger partial charge in [-0.3, -0.25) is 14.6 Å². The van der Waals surface area contributed by atoms with Crippen molar-refractivity contribution < 1.29 is 18.0 Å². The van der Waals surface area contributed by atoms with E-state index >= 15 is 0 Å². The summed E-state index contributed by atoms with van der Waals surface area (Å²) in [6.07, 6.45) is -3.73. The van der Waals surface area contributed by atoms with Crippen LogP contribution in [0.5, 0.6) is 0 Å². The Morgan fingerprint density at radius 2 is 1.92 bits per heavy atom. The van der Waals surface area contributed by atoms with Crippen LogP contribution in [0.1, 0.15) is 33.6 Å². The zero-order valence-corrected chi connectivity index (χ0v) is 14.0. The van der Waals surface area contributed by atoms with Crippen LogP contribution in [0.2, 0.25) is 0 Å². The number of aromatic nitrogens is 2. The summed E-state index contributed by atoms with van der Waals surface area (Å²) in [5.41, 5.74) is -0.799. The van der Waals surface area contributed by atoms with Gasteiger partial charge in [-0.25, -0.2) is 0 Å². The smallest absolute Gasteiger partial charge is 0.327 e. The maximum Gasteiger partial charge on any atom is 0.416 e. The molecule has 0 fully saturated rings. The minimum atomic E-state index is -4.51.